The fourth-order valence-corrected chi connectivity index (χ4v) is 3.24. The van der Waals surface area contributed by atoms with E-state index in [4.69, 9.17) is 23.2 Å². The maximum atomic E-state index is 14.0. The molecule has 2 aromatic heterocycles. The largest absolute Gasteiger partial charge is 0.376 e. The summed E-state index contributed by atoms with van der Waals surface area (Å²) in [5.74, 6) is -0.575. The number of halogens is 3. The number of hydrogen-bond donors (Lipinski definition) is 2. The summed E-state index contributed by atoms with van der Waals surface area (Å²) >= 11 is 12.9. The average Bonchev–Trinajstić information content (AvgIpc) is 2.80. The van der Waals surface area contributed by atoms with Gasteiger partial charge in [0.1, 0.15) is 14.9 Å². The molecular weight excluding hydrogens is 350 g/mol. The second-order valence-electron chi connectivity index (χ2n) is 4.57. The highest BCUT2D eigenvalue weighted by atomic mass is 35.5. The molecule has 0 radical (unpaired) electrons. The number of nitrogens with zero attached hydrogens (tertiary/aromatic N) is 2. The van der Waals surface area contributed by atoms with Gasteiger partial charge in [-0.1, -0.05) is 23.2 Å². The number of aromatic amines is 1. The van der Waals surface area contributed by atoms with Crippen molar-refractivity contribution in [2.45, 2.75) is 13.0 Å². The second kappa shape index (κ2) is 5.83. The van der Waals surface area contributed by atoms with Gasteiger partial charge in [0.2, 0.25) is 0 Å². The first-order chi connectivity index (χ1) is 10.5. The molecule has 0 aliphatic heterocycles. The Kier molecular flexibility index (Phi) is 4.03. The number of thiazole rings is 1. The van der Waals surface area contributed by atoms with Crippen LogP contribution in [0.3, 0.4) is 0 Å². The highest BCUT2D eigenvalue weighted by Gasteiger charge is 2.15. The molecule has 1 atom stereocenters. The smallest absolute Gasteiger partial charge is 0.258 e. The molecule has 22 heavy (non-hydrogen) atoms. The normalized spacial score (nSPS) is 12.5. The van der Waals surface area contributed by atoms with E-state index < -0.39 is 11.4 Å². The Hall–Kier alpha value is -1.70. The molecule has 0 amide bonds. The predicted octanol–water partition coefficient (Wildman–Crippen LogP) is 4.00. The van der Waals surface area contributed by atoms with Gasteiger partial charge in [-0.15, -0.1) is 11.3 Å². The van der Waals surface area contributed by atoms with Crippen molar-refractivity contribution in [3.05, 3.63) is 49.1 Å². The number of H-pyrrole nitrogens is 1. The van der Waals surface area contributed by atoms with Crippen molar-refractivity contribution in [1.29, 1.82) is 0 Å². The van der Waals surface area contributed by atoms with Crippen LogP contribution in [0.1, 0.15) is 18.0 Å². The van der Waals surface area contributed by atoms with E-state index >= 15 is 0 Å². The van der Waals surface area contributed by atoms with Gasteiger partial charge < -0.3 is 10.3 Å². The maximum absolute atomic E-state index is 14.0. The molecule has 3 rings (SSSR count). The lowest BCUT2D eigenvalue weighted by molar-refractivity contribution is 0.636. The lowest BCUT2D eigenvalue weighted by atomic mass is 10.2. The minimum Gasteiger partial charge on any atom is -0.376 e. The SMILES string of the molecule is CC(Nc1cc(F)c2nc[nH]c(=O)c2c1)c1nc(Cl)c(Cl)s1. The summed E-state index contributed by atoms with van der Waals surface area (Å²) in [5, 5.41) is 4.14. The van der Waals surface area contributed by atoms with Gasteiger partial charge in [-0.2, -0.15) is 0 Å². The average molecular weight is 359 g/mol. The Morgan fingerprint density at radius 1 is 1.41 bits per heavy atom. The third-order valence-corrected chi connectivity index (χ3v) is 4.93. The van der Waals surface area contributed by atoms with Gasteiger partial charge in [0.25, 0.3) is 5.56 Å². The third kappa shape index (κ3) is 2.79. The topological polar surface area (TPSA) is 70.7 Å². The van der Waals surface area contributed by atoms with Crippen LogP contribution in [0.2, 0.25) is 9.49 Å². The monoisotopic (exact) mass is 358 g/mol. The minimum absolute atomic E-state index is 0.0299. The molecule has 0 fully saturated rings. The standard InChI is InChI=1S/C13H9Cl2FN4OS/c1-5(13-20-10(14)11(15)22-13)19-6-2-7-9(8(16)3-6)17-4-18-12(7)21/h2-5,19H,1H3,(H,17,18,21). The van der Waals surface area contributed by atoms with Crippen molar-refractivity contribution < 1.29 is 4.39 Å². The molecule has 2 heterocycles. The Morgan fingerprint density at radius 3 is 2.86 bits per heavy atom. The number of aromatic nitrogens is 3. The Labute approximate surface area is 138 Å². The molecular formula is C13H9Cl2FN4OS. The van der Waals surface area contributed by atoms with E-state index in [0.29, 0.717) is 15.0 Å². The van der Waals surface area contributed by atoms with Gasteiger partial charge >= 0.3 is 0 Å². The molecule has 0 aliphatic rings. The van der Waals surface area contributed by atoms with Crippen LogP contribution in [-0.2, 0) is 0 Å². The molecule has 0 bridgehead atoms. The first-order valence-corrected chi connectivity index (χ1v) is 7.78. The predicted molar refractivity (Wildman–Crippen MR) is 86.5 cm³/mol. The second-order valence-corrected chi connectivity index (χ2v) is 6.56. The first kappa shape index (κ1) is 15.2. The Morgan fingerprint density at radius 2 is 2.18 bits per heavy atom. The van der Waals surface area contributed by atoms with Gasteiger partial charge in [0.15, 0.2) is 11.0 Å². The molecule has 5 nitrogen and oxygen atoms in total. The summed E-state index contributed by atoms with van der Waals surface area (Å²) in [6.07, 6.45) is 1.17. The van der Waals surface area contributed by atoms with Crippen LogP contribution >= 0.6 is 34.5 Å². The molecule has 0 aliphatic carbocycles. The zero-order valence-corrected chi connectivity index (χ0v) is 13.5. The summed E-state index contributed by atoms with van der Waals surface area (Å²) in [6.45, 7) is 1.83. The first-order valence-electron chi connectivity index (χ1n) is 6.21. The molecule has 0 spiro atoms. The lowest BCUT2D eigenvalue weighted by Crippen LogP contribution is -2.10. The van der Waals surface area contributed by atoms with Crippen molar-refractivity contribution in [3.63, 3.8) is 0 Å². The number of benzene rings is 1. The van der Waals surface area contributed by atoms with Gasteiger partial charge in [-0.05, 0) is 19.1 Å². The van der Waals surface area contributed by atoms with Crippen molar-refractivity contribution in [3.8, 4) is 0 Å². The Balaban J connectivity index is 1.97. The summed E-state index contributed by atoms with van der Waals surface area (Å²) in [5.41, 5.74) is 0.0706. The van der Waals surface area contributed by atoms with Crippen molar-refractivity contribution >= 4 is 51.1 Å². The van der Waals surface area contributed by atoms with E-state index in [-0.39, 0.29) is 22.1 Å². The summed E-state index contributed by atoms with van der Waals surface area (Å²) in [4.78, 5) is 22.1. The molecule has 0 saturated heterocycles. The van der Waals surface area contributed by atoms with Crippen molar-refractivity contribution in [2.75, 3.05) is 5.32 Å². The lowest BCUT2D eigenvalue weighted by Gasteiger charge is -2.13. The quantitative estimate of drug-likeness (QED) is 0.742. The van der Waals surface area contributed by atoms with E-state index in [9.17, 15) is 9.18 Å². The Bertz CT molecular complexity index is 891. The highest BCUT2D eigenvalue weighted by Crippen LogP contribution is 2.33. The van der Waals surface area contributed by atoms with E-state index in [1.165, 1.54) is 29.8 Å². The number of nitrogens with one attached hydrogen (secondary N) is 2. The molecule has 1 aromatic carbocycles. The maximum Gasteiger partial charge on any atom is 0.258 e. The van der Waals surface area contributed by atoms with Crippen LogP contribution in [0.15, 0.2) is 23.3 Å². The van der Waals surface area contributed by atoms with Crippen LogP contribution in [0, 0.1) is 5.82 Å². The van der Waals surface area contributed by atoms with Crippen LogP contribution < -0.4 is 10.9 Å². The van der Waals surface area contributed by atoms with Gasteiger partial charge in [-0.25, -0.2) is 14.4 Å². The summed E-state index contributed by atoms with van der Waals surface area (Å²) in [7, 11) is 0. The highest BCUT2D eigenvalue weighted by molar-refractivity contribution is 7.16. The minimum atomic E-state index is -0.575. The van der Waals surface area contributed by atoms with Gasteiger partial charge in [0.05, 0.1) is 17.8 Å². The number of anilines is 1. The fourth-order valence-electron chi connectivity index (χ4n) is 2.01. The summed E-state index contributed by atoms with van der Waals surface area (Å²) in [6, 6.07) is 2.57. The van der Waals surface area contributed by atoms with Crippen LogP contribution in [0.25, 0.3) is 10.9 Å². The van der Waals surface area contributed by atoms with Crippen LogP contribution in [-0.4, -0.2) is 15.0 Å². The van der Waals surface area contributed by atoms with E-state index in [1.807, 2.05) is 6.92 Å². The molecule has 1 unspecified atom stereocenters. The molecule has 3 aromatic rings. The van der Waals surface area contributed by atoms with Crippen LogP contribution in [0.4, 0.5) is 10.1 Å². The van der Waals surface area contributed by atoms with E-state index in [0.717, 1.165) is 0 Å². The molecule has 114 valence electrons. The zero-order chi connectivity index (χ0) is 15.9. The third-order valence-electron chi connectivity index (χ3n) is 3.02. The fraction of sp³-hybridized carbons (Fsp3) is 0.154. The molecule has 9 heteroatoms. The van der Waals surface area contributed by atoms with E-state index in [2.05, 4.69) is 20.3 Å². The van der Waals surface area contributed by atoms with Crippen molar-refractivity contribution in [2.24, 2.45) is 0 Å². The van der Waals surface area contributed by atoms with Gasteiger partial charge in [0, 0.05) is 5.69 Å². The molecule has 0 saturated carbocycles. The van der Waals surface area contributed by atoms with Crippen molar-refractivity contribution in [1.82, 2.24) is 15.0 Å². The summed E-state index contributed by atoms with van der Waals surface area (Å²) < 4.78 is 14.4. The number of rotatable bonds is 3. The van der Waals surface area contributed by atoms with Crippen LogP contribution in [0.5, 0.6) is 0 Å². The van der Waals surface area contributed by atoms with Gasteiger partial charge in [-0.3, -0.25) is 4.79 Å². The number of fused-ring (bicyclic) bond motifs is 1. The number of hydrogen-bond acceptors (Lipinski definition) is 5. The molecule has 2 N–H and O–H groups in total. The zero-order valence-electron chi connectivity index (χ0n) is 11.2. The van der Waals surface area contributed by atoms with E-state index in [1.54, 1.807) is 0 Å².